The molecular formula is C60H104NO8P. The van der Waals surface area contributed by atoms with Crippen LogP contribution in [0.1, 0.15) is 239 Å². The van der Waals surface area contributed by atoms with Crippen LogP contribution >= 0.6 is 7.82 Å². The minimum absolute atomic E-state index is 0.0502. The Morgan fingerprint density at radius 3 is 1.19 bits per heavy atom. The number of ether oxygens (including phenoxy) is 2. The van der Waals surface area contributed by atoms with Crippen molar-refractivity contribution in [3.63, 3.8) is 0 Å². The minimum atomic E-state index is -4.38. The summed E-state index contributed by atoms with van der Waals surface area (Å²) in [6.07, 6.45) is 73.5. The molecule has 0 amide bonds. The predicted molar refractivity (Wildman–Crippen MR) is 298 cm³/mol. The highest BCUT2D eigenvalue weighted by atomic mass is 31.2. The van der Waals surface area contributed by atoms with Crippen LogP contribution in [0, 0.1) is 0 Å². The van der Waals surface area contributed by atoms with Gasteiger partial charge in [-0.2, -0.15) is 0 Å². The Kier molecular flexibility index (Phi) is 52.8. The molecule has 2 atom stereocenters. The quantitative estimate of drug-likeness (QED) is 0.0264. The van der Waals surface area contributed by atoms with Crippen molar-refractivity contribution < 1.29 is 37.6 Å². The van der Waals surface area contributed by atoms with Crippen molar-refractivity contribution in [2.75, 3.05) is 26.4 Å². The van der Waals surface area contributed by atoms with Gasteiger partial charge in [0.05, 0.1) is 13.2 Å². The molecule has 0 heterocycles. The summed E-state index contributed by atoms with van der Waals surface area (Å²) < 4.78 is 32.8. The summed E-state index contributed by atoms with van der Waals surface area (Å²) in [5.41, 5.74) is 5.36. The molecule has 0 aliphatic rings. The van der Waals surface area contributed by atoms with Crippen LogP contribution in [0.15, 0.2) is 97.2 Å². The van der Waals surface area contributed by atoms with E-state index in [-0.39, 0.29) is 32.6 Å². The molecule has 0 fully saturated rings. The zero-order valence-electron chi connectivity index (χ0n) is 44.7. The second kappa shape index (κ2) is 55.2. The minimum Gasteiger partial charge on any atom is -0.462 e. The average Bonchev–Trinajstić information content (AvgIpc) is 3.35. The molecule has 10 heteroatoms. The van der Waals surface area contributed by atoms with Crippen molar-refractivity contribution >= 4 is 19.8 Å². The topological polar surface area (TPSA) is 134 Å². The number of phosphoric ester groups is 1. The van der Waals surface area contributed by atoms with Gasteiger partial charge in [0, 0.05) is 19.4 Å². The van der Waals surface area contributed by atoms with Crippen molar-refractivity contribution in [1.82, 2.24) is 0 Å². The van der Waals surface area contributed by atoms with Crippen LogP contribution in [0.2, 0.25) is 0 Å². The van der Waals surface area contributed by atoms with E-state index in [1.807, 2.05) is 0 Å². The Morgan fingerprint density at radius 1 is 0.443 bits per heavy atom. The third-order valence-electron chi connectivity index (χ3n) is 11.7. The first kappa shape index (κ1) is 66.9. The number of carbonyl (C=O) groups is 2. The Bertz CT molecular complexity index is 1460. The monoisotopic (exact) mass is 998 g/mol. The van der Waals surface area contributed by atoms with Gasteiger partial charge in [-0.25, -0.2) is 4.57 Å². The van der Waals surface area contributed by atoms with Gasteiger partial charge in [-0.3, -0.25) is 18.6 Å². The lowest BCUT2D eigenvalue weighted by molar-refractivity contribution is -0.161. The van der Waals surface area contributed by atoms with Crippen molar-refractivity contribution in [3.8, 4) is 0 Å². The van der Waals surface area contributed by atoms with Crippen LogP contribution in [-0.2, 0) is 32.7 Å². The molecule has 0 saturated carbocycles. The molecule has 0 aliphatic heterocycles. The molecule has 0 radical (unpaired) electrons. The third kappa shape index (κ3) is 54.3. The lowest BCUT2D eigenvalue weighted by atomic mass is 10.0. The number of phosphoric acid groups is 1. The molecule has 0 aliphatic carbocycles. The van der Waals surface area contributed by atoms with E-state index in [0.717, 1.165) is 109 Å². The Labute approximate surface area is 429 Å². The first-order chi connectivity index (χ1) is 34.3. The Morgan fingerprint density at radius 2 is 0.786 bits per heavy atom. The number of rotatable bonds is 52. The van der Waals surface area contributed by atoms with Crippen molar-refractivity contribution in [3.05, 3.63) is 97.2 Å². The third-order valence-corrected chi connectivity index (χ3v) is 12.7. The zero-order chi connectivity index (χ0) is 51.0. The molecule has 402 valence electrons. The van der Waals surface area contributed by atoms with Crippen LogP contribution in [-0.4, -0.2) is 49.3 Å². The molecule has 0 aromatic carbocycles. The van der Waals surface area contributed by atoms with Crippen LogP contribution in [0.3, 0.4) is 0 Å². The molecule has 2 unspecified atom stereocenters. The molecular weight excluding hydrogens is 894 g/mol. The maximum absolute atomic E-state index is 12.6. The van der Waals surface area contributed by atoms with Gasteiger partial charge in [-0.05, 0) is 89.9 Å². The second-order valence-electron chi connectivity index (χ2n) is 18.4. The summed E-state index contributed by atoms with van der Waals surface area (Å²) in [5, 5.41) is 0. The molecule has 0 bridgehead atoms. The smallest absolute Gasteiger partial charge is 0.462 e. The van der Waals surface area contributed by atoms with Crippen LogP contribution in [0.25, 0.3) is 0 Å². The van der Waals surface area contributed by atoms with Crippen molar-refractivity contribution in [2.24, 2.45) is 5.73 Å². The predicted octanol–water partition coefficient (Wildman–Crippen LogP) is 17.7. The number of hydrogen-bond donors (Lipinski definition) is 2. The lowest BCUT2D eigenvalue weighted by Crippen LogP contribution is -2.29. The summed E-state index contributed by atoms with van der Waals surface area (Å²) in [6.45, 7) is 3.55. The van der Waals surface area contributed by atoms with Gasteiger partial charge in [-0.1, -0.05) is 233 Å². The van der Waals surface area contributed by atoms with Gasteiger partial charge >= 0.3 is 19.8 Å². The highest BCUT2D eigenvalue weighted by Crippen LogP contribution is 2.43. The van der Waals surface area contributed by atoms with E-state index in [2.05, 4.69) is 111 Å². The average molecular weight is 998 g/mol. The number of carbonyl (C=O) groups excluding carboxylic acids is 2. The fourth-order valence-electron chi connectivity index (χ4n) is 7.56. The first-order valence-electron chi connectivity index (χ1n) is 28.2. The number of unbranched alkanes of at least 4 members (excludes halogenated alkanes) is 23. The molecule has 0 saturated heterocycles. The summed E-state index contributed by atoms with van der Waals surface area (Å²) in [7, 11) is -4.38. The molecule has 70 heavy (non-hydrogen) atoms. The zero-order valence-corrected chi connectivity index (χ0v) is 45.6. The summed E-state index contributed by atoms with van der Waals surface area (Å²) in [4.78, 5) is 34.9. The lowest BCUT2D eigenvalue weighted by Gasteiger charge is -2.19. The number of nitrogens with two attached hydrogens (primary N) is 1. The molecule has 0 spiro atoms. The normalized spacial score (nSPS) is 13.8. The van der Waals surface area contributed by atoms with Gasteiger partial charge in [-0.15, -0.1) is 0 Å². The molecule has 0 aromatic heterocycles. The van der Waals surface area contributed by atoms with E-state index < -0.39 is 32.5 Å². The Hall–Kier alpha value is -3.07. The van der Waals surface area contributed by atoms with Gasteiger partial charge in [0.15, 0.2) is 6.10 Å². The number of hydrogen-bond acceptors (Lipinski definition) is 8. The van der Waals surface area contributed by atoms with E-state index in [1.54, 1.807) is 0 Å². The van der Waals surface area contributed by atoms with Gasteiger partial charge in [0.25, 0.3) is 0 Å². The molecule has 3 N–H and O–H groups in total. The molecule has 9 nitrogen and oxygen atoms in total. The van der Waals surface area contributed by atoms with E-state index in [4.69, 9.17) is 24.3 Å². The van der Waals surface area contributed by atoms with Crippen molar-refractivity contribution in [2.45, 2.75) is 245 Å². The fraction of sp³-hybridized carbons (Fsp3) is 0.700. The summed E-state index contributed by atoms with van der Waals surface area (Å²) in [6, 6.07) is 0. The van der Waals surface area contributed by atoms with E-state index in [1.165, 1.54) is 96.3 Å². The maximum Gasteiger partial charge on any atom is 0.472 e. The van der Waals surface area contributed by atoms with Crippen LogP contribution < -0.4 is 5.73 Å². The largest absolute Gasteiger partial charge is 0.472 e. The van der Waals surface area contributed by atoms with E-state index in [0.29, 0.717) is 6.42 Å². The SMILES string of the molecule is CC/C=C\C/C=C\C/C=C\C/C=C\C/C=C\C/C=C\C/C=C\CCCCCCCCCCCCCCCCCCCC(=O)OC(COC(=O)CCCCCCC/C=C\CCC)COP(=O)(O)OCCN. The van der Waals surface area contributed by atoms with Crippen LogP contribution in [0.5, 0.6) is 0 Å². The van der Waals surface area contributed by atoms with Crippen LogP contribution in [0.4, 0.5) is 0 Å². The summed E-state index contributed by atoms with van der Waals surface area (Å²) in [5.74, 6) is -0.840. The van der Waals surface area contributed by atoms with E-state index in [9.17, 15) is 19.0 Å². The van der Waals surface area contributed by atoms with Crippen molar-refractivity contribution in [1.29, 1.82) is 0 Å². The standard InChI is InChI=1S/C60H104NO8P/c1-3-5-7-9-11-13-15-16-17-18-19-20-21-22-23-24-25-26-27-28-29-30-31-32-33-34-35-36-37-38-39-40-41-42-43-45-47-49-51-53-60(63)69-58(57-68-70(64,65)67-55-54-61)56-66-59(62)52-50-48-46-44-14-12-10-8-6-4-2/h5,7-8,10-11,13,16-17,19-20,22-23,25-26,28-29,58H,3-4,6,9,12,14-15,18,21,24,27,30-57,61H2,1-2H3,(H,64,65)/b7-5-,10-8-,13-11-,17-16-,20-19-,23-22-,26-25-,29-28-. The molecule has 0 aromatic rings. The van der Waals surface area contributed by atoms with Gasteiger partial charge < -0.3 is 20.1 Å². The highest BCUT2D eigenvalue weighted by Gasteiger charge is 2.26. The van der Waals surface area contributed by atoms with Gasteiger partial charge in [0.2, 0.25) is 0 Å². The number of esters is 2. The Balaban J connectivity index is 3.81. The molecule has 0 rings (SSSR count). The van der Waals surface area contributed by atoms with E-state index >= 15 is 0 Å². The highest BCUT2D eigenvalue weighted by molar-refractivity contribution is 7.47. The number of allylic oxidation sites excluding steroid dienone is 16. The first-order valence-corrected chi connectivity index (χ1v) is 29.7. The van der Waals surface area contributed by atoms with Gasteiger partial charge in [0.1, 0.15) is 6.61 Å². The summed E-state index contributed by atoms with van der Waals surface area (Å²) >= 11 is 0. The maximum atomic E-state index is 12.6. The second-order valence-corrected chi connectivity index (χ2v) is 19.9. The fourth-order valence-corrected chi connectivity index (χ4v) is 8.33.